The summed E-state index contributed by atoms with van der Waals surface area (Å²) in [5, 5.41) is 2.75. The molecule has 0 aliphatic heterocycles. The minimum Gasteiger partial charge on any atom is -0.325 e. The van der Waals surface area contributed by atoms with Crippen molar-refractivity contribution < 1.29 is 13.2 Å². The van der Waals surface area contributed by atoms with Gasteiger partial charge in [-0.25, -0.2) is 18.1 Å². The van der Waals surface area contributed by atoms with Crippen molar-refractivity contribution in [1.29, 1.82) is 0 Å². The van der Waals surface area contributed by atoms with Crippen LogP contribution in [0, 0.1) is 0 Å². The first-order valence-electron chi connectivity index (χ1n) is 8.40. The molecule has 9 heteroatoms. The number of nitrogens with one attached hydrogen (secondary N) is 2. The largest absolute Gasteiger partial charge is 0.325 e. The van der Waals surface area contributed by atoms with Gasteiger partial charge in [0, 0.05) is 11.7 Å². The van der Waals surface area contributed by atoms with E-state index in [9.17, 15) is 13.2 Å². The van der Waals surface area contributed by atoms with Crippen LogP contribution in [-0.2, 0) is 14.8 Å². The van der Waals surface area contributed by atoms with Crippen molar-refractivity contribution in [1.82, 2.24) is 9.71 Å². The molecule has 0 spiro atoms. The fourth-order valence-corrected chi connectivity index (χ4v) is 5.69. The Kier molecular flexibility index (Phi) is 5.18. The summed E-state index contributed by atoms with van der Waals surface area (Å²) >= 11 is 2.91. The molecule has 2 aromatic carbocycles. The second-order valence-corrected chi connectivity index (χ2v) is 10.2. The van der Waals surface area contributed by atoms with Gasteiger partial charge in [-0.15, -0.1) is 11.3 Å². The average Bonchev–Trinajstić information content (AvgIpc) is 3.34. The Labute approximate surface area is 165 Å². The molecule has 0 atom stereocenters. The monoisotopic (exact) mass is 419 g/mol. The van der Waals surface area contributed by atoms with Crippen molar-refractivity contribution in [2.24, 2.45) is 0 Å². The second kappa shape index (κ2) is 7.59. The van der Waals surface area contributed by atoms with Gasteiger partial charge in [-0.1, -0.05) is 30.0 Å². The highest BCUT2D eigenvalue weighted by Gasteiger charge is 2.28. The maximum atomic E-state index is 12.3. The van der Waals surface area contributed by atoms with Crippen LogP contribution in [0.3, 0.4) is 0 Å². The Morgan fingerprint density at radius 3 is 2.78 bits per heavy atom. The van der Waals surface area contributed by atoms with Gasteiger partial charge in [0.15, 0.2) is 4.34 Å². The van der Waals surface area contributed by atoms with Crippen LogP contribution in [0.4, 0.5) is 5.69 Å². The number of carbonyl (C=O) groups excluding carboxylic acids is 1. The normalized spacial score (nSPS) is 14.4. The third-order valence-electron chi connectivity index (χ3n) is 3.93. The Hall–Kier alpha value is -1.94. The Bertz CT molecular complexity index is 1060. The number of thiazole rings is 1. The number of rotatable bonds is 7. The smallest absolute Gasteiger partial charge is 0.240 e. The highest BCUT2D eigenvalue weighted by Crippen LogP contribution is 2.29. The molecule has 1 amide bonds. The van der Waals surface area contributed by atoms with Crippen molar-refractivity contribution in [3.8, 4) is 0 Å². The molecule has 1 fully saturated rings. The minimum atomic E-state index is -3.54. The van der Waals surface area contributed by atoms with Gasteiger partial charge >= 0.3 is 0 Å². The lowest BCUT2D eigenvalue weighted by molar-refractivity contribution is -0.113. The summed E-state index contributed by atoms with van der Waals surface area (Å²) in [4.78, 5) is 16.9. The predicted molar refractivity (Wildman–Crippen MR) is 109 cm³/mol. The molecule has 140 valence electrons. The van der Waals surface area contributed by atoms with E-state index in [2.05, 4.69) is 15.0 Å². The van der Waals surface area contributed by atoms with Crippen LogP contribution < -0.4 is 10.0 Å². The summed E-state index contributed by atoms with van der Waals surface area (Å²) in [5.41, 5.74) is 1.38. The SMILES string of the molecule is O=C(CSc1nc2ccccc2s1)Nc1cccc(S(=O)(=O)NC2CC2)c1. The van der Waals surface area contributed by atoms with E-state index in [1.165, 1.54) is 23.9 Å². The van der Waals surface area contributed by atoms with Gasteiger partial charge in [0.1, 0.15) is 0 Å². The molecule has 0 unspecified atom stereocenters. The van der Waals surface area contributed by atoms with E-state index < -0.39 is 10.0 Å². The number of anilines is 1. The van der Waals surface area contributed by atoms with Crippen LogP contribution in [0.1, 0.15) is 12.8 Å². The Balaban J connectivity index is 1.38. The number of benzene rings is 2. The lowest BCUT2D eigenvalue weighted by Crippen LogP contribution is -2.25. The molecular formula is C18H17N3O3S3. The summed E-state index contributed by atoms with van der Waals surface area (Å²) < 4.78 is 29.1. The third kappa shape index (κ3) is 4.67. The minimum absolute atomic E-state index is 0.0402. The molecule has 4 rings (SSSR count). The highest BCUT2D eigenvalue weighted by atomic mass is 32.2. The molecule has 1 aliphatic carbocycles. The molecule has 0 radical (unpaired) electrons. The molecule has 1 heterocycles. The molecular weight excluding hydrogens is 402 g/mol. The maximum Gasteiger partial charge on any atom is 0.240 e. The molecule has 0 saturated heterocycles. The zero-order valence-corrected chi connectivity index (χ0v) is 16.7. The average molecular weight is 420 g/mol. The fourth-order valence-electron chi connectivity index (χ4n) is 2.47. The van der Waals surface area contributed by atoms with E-state index in [-0.39, 0.29) is 22.6 Å². The first-order chi connectivity index (χ1) is 13.0. The van der Waals surface area contributed by atoms with Gasteiger partial charge in [0.05, 0.1) is 20.9 Å². The number of fused-ring (bicyclic) bond motifs is 1. The highest BCUT2D eigenvalue weighted by molar-refractivity contribution is 8.01. The predicted octanol–water partition coefficient (Wildman–Crippen LogP) is 3.47. The van der Waals surface area contributed by atoms with Crippen molar-refractivity contribution in [2.75, 3.05) is 11.1 Å². The molecule has 27 heavy (non-hydrogen) atoms. The van der Waals surface area contributed by atoms with E-state index >= 15 is 0 Å². The lowest BCUT2D eigenvalue weighted by atomic mass is 10.3. The number of amides is 1. The van der Waals surface area contributed by atoms with Crippen molar-refractivity contribution in [2.45, 2.75) is 28.1 Å². The van der Waals surface area contributed by atoms with E-state index in [4.69, 9.17) is 0 Å². The van der Waals surface area contributed by atoms with Crippen molar-refractivity contribution in [3.05, 3.63) is 48.5 Å². The van der Waals surface area contributed by atoms with Crippen molar-refractivity contribution >= 4 is 54.9 Å². The quantitative estimate of drug-likeness (QED) is 0.573. The Morgan fingerprint density at radius 1 is 1.19 bits per heavy atom. The van der Waals surface area contributed by atoms with Gasteiger partial charge < -0.3 is 5.32 Å². The summed E-state index contributed by atoms with van der Waals surface area (Å²) in [6, 6.07) is 14.2. The molecule has 1 aromatic heterocycles. The number of nitrogens with zero attached hydrogens (tertiary/aromatic N) is 1. The molecule has 0 bridgehead atoms. The van der Waals surface area contributed by atoms with Gasteiger partial charge in [-0.3, -0.25) is 4.79 Å². The number of hydrogen-bond acceptors (Lipinski definition) is 6. The summed E-state index contributed by atoms with van der Waals surface area (Å²) in [6.07, 6.45) is 1.75. The van der Waals surface area contributed by atoms with Crippen LogP contribution in [0.25, 0.3) is 10.2 Å². The topological polar surface area (TPSA) is 88.2 Å². The first-order valence-corrected chi connectivity index (χ1v) is 11.7. The first kappa shape index (κ1) is 18.4. The number of thioether (sulfide) groups is 1. The fraction of sp³-hybridized carbons (Fsp3) is 0.222. The zero-order chi connectivity index (χ0) is 18.9. The van der Waals surface area contributed by atoms with Crippen LogP contribution in [0.2, 0.25) is 0 Å². The van der Waals surface area contributed by atoms with Gasteiger partial charge in [0.25, 0.3) is 0 Å². The summed E-state index contributed by atoms with van der Waals surface area (Å²) in [5.74, 6) is 0.000810. The Morgan fingerprint density at radius 2 is 2.00 bits per heavy atom. The van der Waals surface area contributed by atoms with E-state index in [0.717, 1.165) is 27.4 Å². The maximum absolute atomic E-state index is 12.3. The number of aromatic nitrogens is 1. The van der Waals surface area contributed by atoms with Crippen molar-refractivity contribution in [3.63, 3.8) is 0 Å². The van der Waals surface area contributed by atoms with E-state index in [1.807, 2.05) is 24.3 Å². The number of para-hydroxylation sites is 1. The molecule has 1 saturated carbocycles. The summed E-state index contributed by atoms with van der Waals surface area (Å²) in [6.45, 7) is 0. The van der Waals surface area contributed by atoms with Crippen LogP contribution >= 0.6 is 23.1 Å². The third-order valence-corrected chi connectivity index (χ3v) is 7.63. The number of carbonyl (C=O) groups is 1. The van der Waals surface area contributed by atoms with Crippen LogP contribution in [0.5, 0.6) is 0 Å². The van der Waals surface area contributed by atoms with E-state index in [0.29, 0.717) is 5.69 Å². The van der Waals surface area contributed by atoms with Gasteiger partial charge in [-0.05, 0) is 43.2 Å². The van der Waals surface area contributed by atoms with Crippen LogP contribution in [0.15, 0.2) is 57.8 Å². The molecule has 6 nitrogen and oxygen atoms in total. The zero-order valence-electron chi connectivity index (χ0n) is 14.2. The summed E-state index contributed by atoms with van der Waals surface area (Å²) in [7, 11) is -3.54. The molecule has 2 N–H and O–H groups in total. The molecule has 1 aliphatic rings. The van der Waals surface area contributed by atoms with E-state index in [1.54, 1.807) is 23.5 Å². The van der Waals surface area contributed by atoms with Crippen LogP contribution in [-0.4, -0.2) is 31.1 Å². The van der Waals surface area contributed by atoms with Gasteiger partial charge in [-0.2, -0.15) is 0 Å². The number of hydrogen-bond donors (Lipinski definition) is 2. The lowest BCUT2D eigenvalue weighted by Gasteiger charge is -2.08. The standard InChI is InChI=1S/C18H17N3O3S3/c22-17(11-25-18-20-15-6-1-2-7-16(15)26-18)19-13-4-3-5-14(10-13)27(23,24)21-12-8-9-12/h1-7,10,12,21H,8-9,11H2,(H,19,22). The second-order valence-electron chi connectivity index (χ2n) is 6.21. The molecule has 3 aromatic rings. The van der Waals surface area contributed by atoms with Gasteiger partial charge in [0.2, 0.25) is 15.9 Å². The number of sulfonamides is 1.